The summed E-state index contributed by atoms with van der Waals surface area (Å²) in [6.07, 6.45) is 1.30. The zero-order valence-corrected chi connectivity index (χ0v) is 13.0. The second-order valence-corrected chi connectivity index (χ2v) is 6.68. The summed E-state index contributed by atoms with van der Waals surface area (Å²) in [7, 11) is 0. The Bertz CT molecular complexity index is 355. The first-order valence-electron chi connectivity index (χ1n) is 7.41. The monoisotopic (exact) mass is 278 g/mol. The summed E-state index contributed by atoms with van der Waals surface area (Å²) in [4.78, 5) is 2.66. The van der Waals surface area contributed by atoms with Crippen LogP contribution in [0.3, 0.4) is 0 Å². The summed E-state index contributed by atoms with van der Waals surface area (Å²) >= 11 is 2.05. The van der Waals surface area contributed by atoms with E-state index in [9.17, 15) is 0 Å². The zero-order valence-electron chi connectivity index (χ0n) is 12.1. The summed E-state index contributed by atoms with van der Waals surface area (Å²) in [5, 5.41) is 3.62. The van der Waals surface area contributed by atoms with Crippen LogP contribution in [-0.2, 0) is 0 Å². The van der Waals surface area contributed by atoms with Crippen LogP contribution >= 0.6 is 11.8 Å². The lowest BCUT2D eigenvalue weighted by atomic mass is 10.0. The predicted molar refractivity (Wildman–Crippen MR) is 85.8 cm³/mol. The SMILES string of the molecule is CCSCCCN1CC(C)NCC1c1ccccc1. The number of hydrogen-bond donors (Lipinski definition) is 1. The molecule has 2 unspecified atom stereocenters. The van der Waals surface area contributed by atoms with Crippen molar-refractivity contribution >= 4 is 11.8 Å². The van der Waals surface area contributed by atoms with E-state index >= 15 is 0 Å². The van der Waals surface area contributed by atoms with E-state index in [4.69, 9.17) is 0 Å². The first-order chi connectivity index (χ1) is 9.31. The lowest BCUT2D eigenvalue weighted by Crippen LogP contribution is -2.51. The van der Waals surface area contributed by atoms with E-state index in [-0.39, 0.29) is 0 Å². The van der Waals surface area contributed by atoms with Crippen molar-refractivity contribution in [3.8, 4) is 0 Å². The van der Waals surface area contributed by atoms with Crippen molar-refractivity contribution in [3.05, 3.63) is 35.9 Å². The summed E-state index contributed by atoms with van der Waals surface area (Å²) in [5.74, 6) is 2.52. The van der Waals surface area contributed by atoms with E-state index in [2.05, 4.69) is 66.2 Å². The predicted octanol–water partition coefficient (Wildman–Crippen LogP) is 3.16. The number of thioether (sulfide) groups is 1. The van der Waals surface area contributed by atoms with Crippen LogP contribution in [0.1, 0.15) is 31.9 Å². The summed E-state index contributed by atoms with van der Waals surface area (Å²) < 4.78 is 0. The summed E-state index contributed by atoms with van der Waals surface area (Å²) in [5.41, 5.74) is 1.45. The van der Waals surface area contributed by atoms with Crippen LogP contribution in [0.2, 0.25) is 0 Å². The smallest absolute Gasteiger partial charge is 0.0473 e. The van der Waals surface area contributed by atoms with Crippen molar-refractivity contribution in [3.63, 3.8) is 0 Å². The molecule has 0 bridgehead atoms. The van der Waals surface area contributed by atoms with Crippen molar-refractivity contribution in [1.29, 1.82) is 0 Å². The van der Waals surface area contributed by atoms with Crippen LogP contribution in [0.4, 0.5) is 0 Å². The largest absolute Gasteiger partial charge is 0.311 e. The normalized spacial score (nSPS) is 24.5. The van der Waals surface area contributed by atoms with Crippen molar-refractivity contribution in [2.24, 2.45) is 0 Å². The van der Waals surface area contributed by atoms with E-state index in [1.165, 1.54) is 30.0 Å². The standard InChI is InChI=1S/C16H26N2S/c1-3-19-11-7-10-18-13-14(2)17-12-16(18)15-8-5-4-6-9-15/h4-6,8-9,14,16-17H,3,7,10-13H2,1-2H3. The quantitative estimate of drug-likeness (QED) is 0.805. The minimum atomic E-state index is 0.545. The number of nitrogens with one attached hydrogen (secondary N) is 1. The first kappa shape index (κ1) is 14.9. The zero-order chi connectivity index (χ0) is 13.5. The second-order valence-electron chi connectivity index (χ2n) is 5.28. The van der Waals surface area contributed by atoms with E-state index in [1.54, 1.807) is 0 Å². The molecule has 2 atom stereocenters. The van der Waals surface area contributed by atoms with Gasteiger partial charge < -0.3 is 5.32 Å². The fraction of sp³-hybridized carbons (Fsp3) is 0.625. The van der Waals surface area contributed by atoms with Gasteiger partial charge in [-0.25, -0.2) is 0 Å². The molecule has 1 aromatic rings. The van der Waals surface area contributed by atoms with E-state index in [1.807, 2.05) is 0 Å². The lowest BCUT2D eigenvalue weighted by Gasteiger charge is -2.39. The Labute approximate surface area is 122 Å². The van der Waals surface area contributed by atoms with Gasteiger partial charge in [0.05, 0.1) is 0 Å². The fourth-order valence-electron chi connectivity index (χ4n) is 2.75. The number of benzene rings is 1. The van der Waals surface area contributed by atoms with Gasteiger partial charge in [0.15, 0.2) is 0 Å². The van der Waals surface area contributed by atoms with Crippen LogP contribution in [0.25, 0.3) is 0 Å². The van der Waals surface area contributed by atoms with Crippen LogP contribution in [0, 0.1) is 0 Å². The van der Waals surface area contributed by atoms with Crippen LogP contribution in [-0.4, -0.2) is 42.1 Å². The second kappa shape index (κ2) is 7.93. The average Bonchev–Trinajstić information content (AvgIpc) is 2.45. The molecule has 0 spiro atoms. The summed E-state index contributed by atoms with van der Waals surface area (Å²) in [6.45, 7) is 7.99. The minimum absolute atomic E-state index is 0.545. The molecule has 2 nitrogen and oxygen atoms in total. The summed E-state index contributed by atoms with van der Waals surface area (Å²) in [6, 6.07) is 12.1. The molecule has 0 aromatic heterocycles. The third-order valence-corrected chi connectivity index (χ3v) is 4.72. The van der Waals surface area contributed by atoms with Crippen LogP contribution in [0.5, 0.6) is 0 Å². The third kappa shape index (κ3) is 4.51. The van der Waals surface area contributed by atoms with E-state index < -0.39 is 0 Å². The van der Waals surface area contributed by atoms with E-state index in [0.717, 1.165) is 13.1 Å². The van der Waals surface area contributed by atoms with Gasteiger partial charge in [0.2, 0.25) is 0 Å². The van der Waals surface area contributed by atoms with Crippen molar-refractivity contribution < 1.29 is 0 Å². The van der Waals surface area contributed by atoms with Gasteiger partial charge in [-0.05, 0) is 37.0 Å². The molecule has 2 rings (SSSR count). The van der Waals surface area contributed by atoms with Gasteiger partial charge in [-0.15, -0.1) is 0 Å². The Balaban J connectivity index is 1.94. The molecule has 1 N–H and O–H groups in total. The van der Waals surface area contributed by atoms with E-state index in [0.29, 0.717) is 12.1 Å². The Morgan fingerprint density at radius 2 is 2.11 bits per heavy atom. The van der Waals surface area contributed by atoms with Gasteiger partial charge in [0, 0.05) is 25.2 Å². The molecule has 1 aliphatic heterocycles. The van der Waals surface area contributed by atoms with Gasteiger partial charge in [-0.2, -0.15) is 11.8 Å². The molecule has 0 aliphatic carbocycles. The molecule has 1 fully saturated rings. The molecule has 106 valence electrons. The number of rotatable bonds is 6. The Morgan fingerprint density at radius 1 is 1.32 bits per heavy atom. The van der Waals surface area contributed by atoms with Crippen molar-refractivity contribution in [2.75, 3.05) is 31.1 Å². The molecule has 1 aliphatic rings. The molecule has 19 heavy (non-hydrogen) atoms. The highest BCUT2D eigenvalue weighted by molar-refractivity contribution is 7.99. The third-order valence-electron chi connectivity index (χ3n) is 3.73. The average molecular weight is 278 g/mol. The molecular formula is C16H26N2S. The molecular weight excluding hydrogens is 252 g/mol. The maximum absolute atomic E-state index is 3.62. The number of hydrogen-bond acceptors (Lipinski definition) is 3. The highest BCUT2D eigenvalue weighted by atomic mass is 32.2. The van der Waals surface area contributed by atoms with Gasteiger partial charge in [0.1, 0.15) is 0 Å². The number of nitrogens with zero attached hydrogens (tertiary/aromatic N) is 1. The molecule has 0 amide bonds. The molecule has 3 heteroatoms. The molecule has 0 radical (unpaired) electrons. The Kier molecular flexibility index (Phi) is 6.21. The van der Waals surface area contributed by atoms with Gasteiger partial charge in [0.25, 0.3) is 0 Å². The van der Waals surface area contributed by atoms with Gasteiger partial charge in [-0.1, -0.05) is 37.3 Å². The van der Waals surface area contributed by atoms with Crippen molar-refractivity contribution in [1.82, 2.24) is 10.2 Å². The van der Waals surface area contributed by atoms with Crippen molar-refractivity contribution in [2.45, 2.75) is 32.4 Å². The topological polar surface area (TPSA) is 15.3 Å². The molecule has 0 saturated carbocycles. The molecule has 1 saturated heterocycles. The van der Waals surface area contributed by atoms with Gasteiger partial charge >= 0.3 is 0 Å². The van der Waals surface area contributed by atoms with Crippen LogP contribution in [0.15, 0.2) is 30.3 Å². The highest BCUT2D eigenvalue weighted by Crippen LogP contribution is 2.23. The highest BCUT2D eigenvalue weighted by Gasteiger charge is 2.26. The maximum atomic E-state index is 3.62. The Morgan fingerprint density at radius 3 is 2.84 bits per heavy atom. The number of piperazine rings is 1. The lowest BCUT2D eigenvalue weighted by molar-refractivity contribution is 0.136. The molecule has 1 aromatic carbocycles. The minimum Gasteiger partial charge on any atom is -0.311 e. The molecule has 1 heterocycles. The maximum Gasteiger partial charge on any atom is 0.0473 e. The Hall–Kier alpha value is -0.510. The van der Waals surface area contributed by atoms with Gasteiger partial charge in [-0.3, -0.25) is 4.90 Å². The van der Waals surface area contributed by atoms with Crippen LogP contribution < -0.4 is 5.32 Å². The fourth-order valence-corrected chi connectivity index (χ4v) is 3.37. The first-order valence-corrected chi connectivity index (χ1v) is 8.57.